The summed E-state index contributed by atoms with van der Waals surface area (Å²) in [7, 11) is 0. The molecule has 0 spiro atoms. The Bertz CT molecular complexity index is 344. The van der Waals surface area contributed by atoms with E-state index < -0.39 is 0 Å². The smallest absolute Gasteiger partial charge is 0.180 e. The molecule has 1 aliphatic carbocycles. The number of hydrogen-bond donors (Lipinski definition) is 2. The van der Waals surface area contributed by atoms with Gasteiger partial charge in [0.1, 0.15) is 5.76 Å². The lowest BCUT2D eigenvalue weighted by Crippen LogP contribution is -2.37. The number of aliphatic hydroxyl groups excluding tert-OH is 1. The number of aromatic nitrogens is 1. The average molecular weight is 238 g/mol. The van der Waals surface area contributed by atoms with Gasteiger partial charge in [-0.05, 0) is 25.7 Å². The Hall–Kier alpha value is -0.870. The van der Waals surface area contributed by atoms with Gasteiger partial charge in [0.05, 0.1) is 18.3 Å². The standard InChI is InChI=1S/C13H22N2O2/c1-9(2)12(16)13(4-5-13)7-15-10(3)11-6-14-8-17-11/h6,8-10,12,15-16H,4-5,7H2,1-3H3. The molecule has 1 heterocycles. The lowest BCUT2D eigenvalue weighted by atomic mass is 9.90. The van der Waals surface area contributed by atoms with Gasteiger partial charge in [0.25, 0.3) is 0 Å². The molecule has 0 bridgehead atoms. The number of nitrogens with one attached hydrogen (secondary N) is 1. The van der Waals surface area contributed by atoms with Crippen molar-refractivity contribution in [2.45, 2.75) is 45.8 Å². The zero-order valence-corrected chi connectivity index (χ0v) is 10.8. The van der Waals surface area contributed by atoms with Gasteiger partial charge in [0.2, 0.25) is 0 Å². The van der Waals surface area contributed by atoms with Crippen molar-refractivity contribution >= 4 is 0 Å². The molecule has 0 radical (unpaired) electrons. The zero-order chi connectivity index (χ0) is 12.5. The molecule has 1 aromatic rings. The van der Waals surface area contributed by atoms with E-state index in [4.69, 9.17) is 4.42 Å². The normalized spacial score (nSPS) is 21.5. The highest BCUT2D eigenvalue weighted by atomic mass is 16.3. The maximum Gasteiger partial charge on any atom is 0.180 e. The molecule has 4 heteroatoms. The van der Waals surface area contributed by atoms with E-state index in [1.165, 1.54) is 6.39 Å². The minimum Gasteiger partial charge on any atom is -0.447 e. The van der Waals surface area contributed by atoms with Crippen LogP contribution in [-0.4, -0.2) is 22.7 Å². The SMILES string of the molecule is CC(NCC1(C(O)C(C)C)CC1)c1cnco1. The number of oxazole rings is 1. The van der Waals surface area contributed by atoms with Gasteiger partial charge < -0.3 is 14.8 Å². The van der Waals surface area contributed by atoms with Gasteiger partial charge in [-0.15, -0.1) is 0 Å². The predicted molar refractivity (Wildman–Crippen MR) is 65.4 cm³/mol. The van der Waals surface area contributed by atoms with Gasteiger partial charge in [-0.3, -0.25) is 0 Å². The van der Waals surface area contributed by atoms with Crippen LogP contribution in [0.5, 0.6) is 0 Å². The molecule has 0 saturated heterocycles. The van der Waals surface area contributed by atoms with Gasteiger partial charge in [-0.1, -0.05) is 13.8 Å². The molecule has 1 saturated carbocycles. The van der Waals surface area contributed by atoms with E-state index in [1.807, 2.05) is 0 Å². The summed E-state index contributed by atoms with van der Waals surface area (Å²) in [5, 5.41) is 13.6. The monoisotopic (exact) mass is 238 g/mol. The molecule has 0 aromatic carbocycles. The summed E-state index contributed by atoms with van der Waals surface area (Å²) in [5.74, 6) is 1.17. The Labute approximate surface area is 102 Å². The highest BCUT2D eigenvalue weighted by Crippen LogP contribution is 2.50. The number of aliphatic hydroxyl groups is 1. The van der Waals surface area contributed by atoms with Crippen molar-refractivity contribution in [3.05, 3.63) is 18.4 Å². The fourth-order valence-corrected chi connectivity index (χ4v) is 2.34. The third-order valence-corrected chi connectivity index (χ3v) is 3.79. The molecule has 4 nitrogen and oxygen atoms in total. The second-order valence-corrected chi connectivity index (χ2v) is 5.56. The first-order chi connectivity index (χ1) is 8.05. The quantitative estimate of drug-likeness (QED) is 0.797. The van der Waals surface area contributed by atoms with Crippen LogP contribution >= 0.6 is 0 Å². The zero-order valence-electron chi connectivity index (χ0n) is 10.8. The predicted octanol–water partition coefficient (Wildman–Crippen LogP) is 2.12. The fourth-order valence-electron chi connectivity index (χ4n) is 2.34. The topological polar surface area (TPSA) is 58.3 Å². The van der Waals surface area contributed by atoms with Crippen molar-refractivity contribution < 1.29 is 9.52 Å². The first kappa shape index (κ1) is 12.6. The van der Waals surface area contributed by atoms with Gasteiger partial charge in [0.15, 0.2) is 6.39 Å². The van der Waals surface area contributed by atoms with Crippen molar-refractivity contribution in [1.29, 1.82) is 0 Å². The molecular formula is C13H22N2O2. The van der Waals surface area contributed by atoms with Crippen LogP contribution in [-0.2, 0) is 0 Å². The summed E-state index contributed by atoms with van der Waals surface area (Å²) in [6.45, 7) is 7.04. The van der Waals surface area contributed by atoms with Gasteiger partial charge in [-0.2, -0.15) is 0 Å². The van der Waals surface area contributed by atoms with Crippen LogP contribution in [0.2, 0.25) is 0 Å². The van der Waals surface area contributed by atoms with Crippen LogP contribution in [0.3, 0.4) is 0 Å². The minimum atomic E-state index is -0.211. The average Bonchev–Trinajstić information content (AvgIpc) is 2.88. The van der Waals surface area contributed by atoms with Gasteiger partial charge in [-0.25, -0.2) is 4.98 Å². The van der Waals surface area contributed by atoms with E-state index >= 15 is 0 Å². The van der Waals surface area contributed by atoms with E-state index in [1.54, 1.807) is 6.20 Å². The summed E-state index contributed by atoms with van der Waals surface area (Å²) in [6.07, 6.45) is 5.20. The summed E-state index contributed by atoms with van der Waals surface area (Å²) in [5.41, 5.74) is 0.0858. The van der Waals surface area contributed by atoms with Gasteiger partial charge in [0, 0.05) is 12.0 Å². The van der Waals surface area contributed by atoms with Crippen molar-refractivity contribution in [2.75, 3.05) is 6.54 Å². The Morgan fingerprint density at radius 1 is 1.47 bits per heavy atom. The molecule has 96 valence electrons. The van der Waals surface area contributed by atoms with Crippen LogP contribution in [0.1, 0.15) is 45.4 Å². The highest BCUT2D eigenvalue weighted by Gasteiger charge is 2.49. The fraction of sp³-hybridized carbons (Fsp3) is 0.769. The highest BCUT2D eigenvalue weighted by molar-refractivity contribution is 5.03. The first-order valence-corrected chi connectivity index (χ1v) is 6.35. The molecule has 1 aliphatic rings. The summed E-state index contributed by atoms with van der Waals surface area (Å²) in [6, 6.07) is 0.148. The molecule has 2 rings (SSSR count). The van der Waals surface area contributed by atoms with E-state index in [0.29, 0.717) is 5.92 Å². The molecule has 0 aliphatic heterocycles. The van der Waals surface area contributed by atoms with Crippen LogP contribution in [0.4, 0.5) is 0 Å². The molecule has 1 aromatic heterocycles. The Morgan fingerprint density at radius 2 is 2.18 bits per heavy atom. The van der Waals surface area contributed by atoms with Crippen LogP contribution in [0, 0.1) is 11.3 Å². The van der Waals surface area contributed by atoms with E-state index in [2.05, 4.69) is 31.1 Å². The van der Waals surface area contributed by atoms with Gasteiger partial charge >= 0.3 is 0 Å². The second-order valence-electron chi connectivity index (χ2n) is 5.56. The first-order valence-electron chi connectivity index (χ1n) is 6.35. The molecule has 17 heavy (non-hydrogen) atoms. The molecule has 1 fully saturated rings. The maximum atomic E-state index is 10.2. The molecule has 2 N–H and O–H groups in total. The Kier molecular flexibility index (Phi) is 3.54. The van der Waals surface area contributed by atoms with E-state index in [9.17, 15) is 5.11 Å². The van der Waals surface area contributed by atoms with Crippen LogP contribution in [0.25, 0.3) is 0 Å². The molecule has 0 amide bonds. The maximum absolute atomic E-state index is 10.2. The second kappa shape index (κ2) is 4.78. The van der Waals surface area contributed by atoms with E-state index in [0.717, 1.165) is 25.1 Å². The molecular weight excluding hydrogens is 216 g/mol. The van der Waals surface area contributed by atoms with Crippen molar-refractivity contribution in [3.8, 4) is 0 Å². The number of rotatable bonds is 6. The lowest BCUT2D eigenvalue weighted by molar-refractivity contribution is 0.0488. The summed E-state index contributed by atoms with van der Waals surface area (Å²) < 4.78 is 5.25. The third kappa shape index (κ3) is 2.69. The van der Waals surface area contributed by atoms with Crippen LogP contribution < -0.4 is 5.32 Å². The van der Waals surface area contributed by atoms with Crippen molar-refractivity contribution in [2.24, 2.45) is 11.3 Å². The molecule has 2 atom stereocenters. The van der Waals surface area contributed by atoms with Crippen LogP contribution in [0.15, 0.2) is 17.0 Å². The summed E-state index contributed by atoms with van der Waals surface area (Å²) in [4.78, 5) is 3.91. The Balaban J connectivity index is 1.86. The minimum absolute atomic E-state index is 0.0858. The van der Waals surface area contributed by atoms with Crippen molar-refractivity contribution in [3.63, 3.8) is 0 Å². The number of nitrogens with zero attached hydrogens (tertiary/aromatic N) is 1. The number of hydrogen-bond acceptors (Lipinski definition) is 4. The van der Waals surface area contributed by atoms with E-state index in [-0.39, 0.29) is 17.6 Å². The largest absolute Gasteiger partial charge is 0.447 e. The lowest BCUT2D eigenvalue weighted by Gasteiger charge is -2.27. The van der Waals surface area contributed by atoms with Crippen molar-refractivity contribution in [1.82, 2.24) is 10.3 Å². The summed E-state index contributed by atoms with van der Waals surface area (Å²) >= 11 is 0. The Morgan fingerprint density at radius 3 is 2.65 bits per heavy atom. The third-order valence-electron chi connectivity index (χ3n) is 3.79. The molecule has 2 unspecified atom stereocenters.